The van der Waals surface area contributed by atoms with E-state index in [4.69, 9.17) is 0 Å². The monoisotopic (exact) mass is 280 g/mol. The van der Waals surface area contributed by atoms with Gasteiger partial charge in [0.05, 0.1) is 6.67 Å². The Labute approximate surface area is 86.3 Å². The Balaban J connectivity index is 0. The Morgan fingerprint density at radius 3 is 1.31 bits per heavy atom. The molecule has 0 bridgehead atoms. The van der Waals surface area contributed by atoms with Gasteiger partial charge < -0.3 is 0 Å². The lowest BCUT2D eigenvalue weighted by atomic mass is 10.6. The Morgan fingerprint density at radius 2 is 1.31 bits per heavy atom. The first kappa shape index (κ1) is 17.8. The molecular weight excluding hydrogens is 273 g/mol. The zero-order chi connectivity index (χ0) is 13.6. The first-order valence-electron chi connectivity index (χ1n) is 3.42. The van der Waals surface area contributed by atoms with Gasteiger partial charge in [0.1, 0.15) is 0 Å². The predicted octanol–water partition coefficient (Wildman–Crippen LogP) is 2.39. The van der Waals surface area contributed by atoms with Crippen LogP contribution in [-0.2, 0) is 14.3 Å². The summed E-state index contributed by atoms with van der Waals surface area (Å²) in [6, 6.07) is 0. The summed E-state index contributed by atoms with van der Waals surface area (Å²) >= 11 is 0. The van der Waals surface area contributed by atoms with Crippen LogP contribution in [0.2, 0.25) is 0 Å². The lowest BCUT2D eigenvalue weighted by molar-refractivity contribution is -0.315. The zero-order valence-corrected chi connectivity index (χ0v) is 8.51. The molecule has 0 radical (unpaired) electrons. The molecule has 0 spiro atoms. The highest BCUT2D eigenvalue weighted by molar-refractivity contribution is 7.89. The van der Waals surface area contributed by atoms with Gasteiger partial charge in [-0.1, -0.05) is 0 Å². The predicted molar refractivity (Wildman–Crippen MR) is 38.6 cm³/mol. The van der Waals surface area contributed by atoms with E-state index in [0.29, 0.717) is 0 Å². The van der Waals surface area contributed by atoms with Gasteiger partial charge in [-0.2, -0.15) is 30.2 Å². The van der Waals surface area contributed by atoms with E-state index < -0.39 is 28.4 Å². The second-order valence-corrected chi connectivity index (χ2v) is 3.53. The van der Waals surface area contributed by atoms with Crippen molar-refractivity contribution in [1.82, 2.24) is 0 Å². The van der Waals surface area contributed by atoms with Gasteiger partial charge in [0.15, 0.2) is 0 Å². The van der Waals surface area contributed by atoms with Gasteiger partial charge in [0.25, 0.3) is 0 Å². The maximum absolute atomic E-state index is 11.6. The molecule has 0 atom stereocenters. The third kappa shape index (κ3) is 3.77. The van der Waals surface area contributed by atoms with Crippen molar-refractivity contribution >= 4 is 10.1 Å². The fourth-order valence-electron chi connectivity index (χ4n) is 0.350. The number of hydrogen-bond acceptors (Lipinski definition) is 3. The average molecular weight is 280 g/mol. The van der Waals surface area contributed by atoms with Crippen LogP contribution in [0.5, 0.6) is 0 Å². The van der Waals surface area contributed by atoms with Crippen LogP contribution in [-0.4, -0.2) is 33.4 Å². The smallest absolute Gasteiger partial charge is 0.251 e. The van der Waals surface area contributed by atoms with Crippen molar-refractivity contribution in [3.05, 3.63) is 0 Å². The van der Waals surface area contributed by atoms with E-state index in [9.17, 15) is 39.2 Å². The van der Waals surface area contributed by atoms with Crippen LogP contribution < -0.4 is 0 Å². The minimum atomic E-state index is -5.35. The van der Waals surface area contributed by atoms with Crippen LogP contribution in [0.25, 0.3) is 0 Å². The number of alkyl halides is 7. The lowest BCUT2D eigenvalue weighted by Crippen LogP contribution is -2.61. The van der Waals surface area contributed by atoms with E-state index in [2.05, 4.69) is 4.18 Å². The van der Waals surface area contributed by atoms with E-state index >= 15 is 0 Å². The molecule has 0 aliphatic carbocycles. The molecule has 0 N–H and O–H groups in total. The SMILES string of the molecule is CCF.FCF.O=S1(=O)OC(F)(F)C1(F)F. The second-order valence-electron chi connectivity index (χ2n) is 1.94. The molecule has 11 heteroatoms. The minimum Gasteiger partial charge on any atom is -0.251 e. The third-order valence-corrected chi connectivity index (χ3v) is 2.16. The highest BCUT2D eigenvalue weighted by Crippen LogP contribution is 2.50. The summed E-state index contributed by atoms with van der Waals surface area (Å²) in [5.74, 6) is 0. The largest absolute Gasteiger partial charge is 0.461 e. The molecule has 1 fully saturated rings. The van der Waals surface area contributed by atoms with Crippen LogP contribution in [0.1, 0.15) is 6.92 Å². The standard InChI is InChI=1S/C2F4O3S.C2H5F.CH2F2/c3-1(4)2(5,6)10(7,8)9-1;1-2-3;2-1-3/h;2H2,1H3;1H2. The van der Waals surface area contributed by atoms with Crippen molar-refractivity contribution in [3.63, 3.8) is 0 Å². The summed E-state index contributed by atoms with van der Waals surface area (Å²) in [7, 11) is -5.35. The van der Waals surface area contributed by atoms with E-state index in [-0.39, 0.29) is 6.67 Å². The minimum absolute atomic E-state index is 0.250. The maximum Gasteiger partial charge on any atom is 0.461 e. The summed E-state index contributed by atoms with van der Waals surface area (Å²) in [6.45, 7) is -0.542. The van der Waals surface area contributed by atoms with Crippen LogP contribution >= 0.6 is 0 Å². The average Bonchev–Trinajstić information content (AvgIpc) is 2.04. The van der Waals surface area contributed by atoms with Gasteiger partial charge >= 0.3 is 21.5 Å². The summed E-state index contributed by atoms with van der Waals surface area (Å²) in [4.78, 5) is 0. The van der Waals surface area contributed by atoms with Crippen molar-refractivity contribution in [2.75, 3.05) is 13.6 Å². The van der Waals surface area contributed by atoms with Crippen LogP contribution in [0.4, 0.5) is 30.7 Å². The molecule has 100 valence electrons. The first-order valence-corrected chi connectivity index (χ1v) is 4.83. The molecule has 0 aromatic carbocycles. The van der Waals surface area contributed by atoms with E-state index in [0.717, 1.165) is 0 Å². The van der Waals surface area contributed by atoms with E-state index in [1.165, 1.54) is 6.92 Å². The number of rotatable bonds is 0. The summed E-state index contributed by atoms with van der Waals surface area (Å²) in [5.41, 5.74) is 0. The molecule has 1 heterocycles. The fraction of sp³-hybridized carbons (Fsp3) is 1.00. The lowest BCUT2D eigenvalue weighted by Gasteiger charge is -2.32. The van der Waals surface area contributed by atoms with Crippen molar-refractivity contribution in [2.45, 2.75) is 18.3 Å². The Hall–Kier alpha value is -0.580. The van der Waals surface area contributed by atoms with Crippen LogP contribution in [0, 0.1) is 0 Å². The Morgan fingerprint density at radius 1 is 1.06 bits per heavy atom. The summed E-state index contributed by atoms with van der Waals surface area (Å²) in [6.07, 6.45) is -4.87. The fourth-order valence-corrected chi connectivity index (χ4v) is 1.05. The van der Waals surface area contributed by atoms with Crippen LogP contribution in [0.15, 0.2) is 0 Å². The van der Waals surface area contributed by atoms with Crippen LogP contribution in [0.3, 0.4) is 0 Å². The van der Waals surface area contributed by atoms with Gasteiger partial charge in [-0.25, -0.2) is 8.78 Å². The van der Waals surface area contributed by atoms with Crippen molar-refractivity contribution in [2.24, 2.45) is 0 Å². The molecule has 16 heavy (non-hydrogen) atoms. The van der Waals surface area contributed by atoms with E-state index in [1.807, 2.05) is 0 Å². The van der Waals surface area contributed by atoms with Gasteiger partial charge in [-0.15, -0.1) is 0 Å². The van der Waals surface area contributed by atoms with Gasteiger partial charge in [0.2, 0.25) is 6.93 Å². The molecule has 0 aromatic heterocycles. The van der Waals surface area contributed by atoms with Gasteiger partial charge in [-0.3, -0.25) is 4.39 Å². The van der Waals surface area contributed by atoms with Crippen molar-refractivity contribution in [1.29, 1.82) is 0 Å². The quantitative estimate of drug-likeness (QED) is 0.505. The molecule has 0 saturated carbocycles. The molecule has 1 rings (SSSR count). The highest BCUT2D eigenvalue weighted by atomic mass is 32.2. The first-order chi connectivity index (χ1) is 7.04. The molecule has 0 aromatic rings. The molecule has 3 nitrogen and oxygen atoms in total. The molecule has 1 aliphatic rings. The zero-order valence-electron chi connectivity index (χ0n) is 7.69. The third-order valence-electron chi connectivity index (χ3n) is 0.867. The summed E-state index contributed by atoms with van der Waals surface area (Å²) < 4.78 is 97.7. The van der Waals surface area contributed by atoms with Crippen molar-refractivity contribution < 1.29 is 43.3 Å². The maximum atomic E-state index is 11.6. The molecule has 0 unspecified atom stereocenters. The van der Waals surface area contributed by atoms with Crippen molar-refractivity contribution in [3.8, 4) is 0 Å². The topological polar surface area (TPSA) is 43.4 Å². The van der Waals surface area contributed by atoms with Gasteiger partial charge in [0, 0.05) is 0 Å². The summed E-state index contributed by atoms with van der Waals surface area (Å²) in [5, 5.41) is -5.07. The normalized spacial score (nSPS) is 22.8. The number of halogens is 7. The van der Waals surface area contributed by atoms with Gasteiger partial charge in [-0.05, 0) is 6.92 Å². The second kappa shape index (κ2) is 6.23. The molecule has 1 saturated heterocycles. The Kier molecular flexibility index (Phi) is 6.93. The molecule has 1 aliphatic heterocycles. The van der Waals surface area contributed by atoms with E-state index in [1.54, 1.807) is 0 Å². The Bertz CT molecular complexity index is 286. The highest BCUT2D eigenvalue weighted by Gasteiger charge is 2.80. The number of hydrogen-bond donors (Lipinski definition) is 0. The molecule has 0 amide bonds. The molecular formula is C5H7F7O3S.